The first kappa shape index (κ1) is 16.2. The summed E-state index contributed by atoms with van der Waals surface area (Å²) in [4.78, 5) is 4.31. The van der Waals surface area contributed by atoms with Crippen LogP contribution in [0.2, 0.25) is 0 Å². The van der Waals surface area contributed by atoms with Gasteiger partial charge in [0.05, 0.1) is 23.0 Å². The summed E-state index contributed by atoms with van der Waals surface area (Å²) in [5, 5.41) is 10.1. The molecule has 0 bridgehead atoms. The first-order valence-electron chi connectivity index (χ1n) is 6.40. The summed E-state index contributed by atoms with van der Waals surface area (Å²) in [5.74, 6) is 0. The van der Waals surface area contributed by atoms with Gasteiger partial charge in [0.25, 0.3) is 0 Å². The lowest BCUT2D eigenvalue weighted by Crippen LogP contribution is -2.49. The van der Waals surface area contributed by atoms with Crippen LogP contribution in [0.3, 0.4) is 0 Å². The Morgan fingerprint density at radius 1 is 1.32 bits per heavy atom. The predicted octanol–water partition coefficient (Wildman–Crippen LogP) is 1.60. The van der Waals surface area contributed by atoms with Gasteiger partial charge in [-0.15, -0.1) is 0 Å². The van der Waals surface area contributed by atoms with Crippen LogP contribution in [0, 0.1) is 0 Å². The molecule has 1 atom stereocenters. The average Bonchev–Trinajstić information content (AvgIpc) is 2.34. The number of ether oxygens (including phenoxy) is 1. The summed E-state index contributed by atoms with van der Waals surface area (Å²) in [7, 11) is 3.28. The Bertz CT molecular complexity index is 415. The Morgan fingerprint density at radius 2 is 1.95 bits per heavy atom. The normalized spacial score (nSPS) is 14.3. The maximum absolute atomic E-state index is 10.1. The number of methoxy groups -OCH3 is 1. The van der Waals surface area contributed by atoms with Crippen LogP contribution < -0.4 is 5.46 Å². The fourth-order valence-electron chi connectivity index (χ4n) is 1.34. The smallest absolute Gasteiger partial charge is 0.332 e. The van der Waals surface area contributed by atoms with E-state index in [-0.39, 0.29) is 6.10 Å². The van der Waals surface area contributed by atoms with E-state index < -0.39 is 11.2 Å². The summed E-state index contributed by atoms with van der Waals surface area (Å²) in [6.45, 7) is 9.07. The molecule has 19 heavy (non-hydrogen) atoms. The zero-order valence-electron chi connectivity index (χ0n) is 12.6. The van der Waals surface area contributed by atoms with Crippen molar-refractivity contribution in [2.24, 2.45) is 0 Å². The molecular weight excluding hydrogens is 241 g/mol. The lowest BCUT2D eigenvalue weighted by atomic mass is 9.81. The quantitative estimate of drug-likeness (QED) is 0.793. The third-order valence-corrected chi connectivity index (χ3v) is 3.56. The Balaban J connectivity index is 2.84. The number of pyridine rings is 1. The van der Waals surface area contributed by atoms with E-state index in [4.69, 9.17) is 9.39 Å². The second-order valence-corrected chi connectivity index (χ2v) is 5.66. The maximum atomic E-state index is 10.1. The van der Waals surface area contributed by atoms with Gasteiger partial charge in [-0.05, 0) is 46.1 Å². The van der Waals surface area contributed by atoms with Gasteiger partial charge in [-0.2, -0.15) is 0 Å². The summed E-state index contributed by atoms with van der Waals surface area (Å²) in [5.41, 5.74) is 0.0283. The molecule has 1 rings (SSSR count). The van der Waals surface area contributed by atoms with E-state index in [2.05, 4.69) is 4.98 Å². The van der Waals surface area contributed by atoms with Crippen molar-refractivity contribution < 1.29 is 14.5 Å². The molecule has 105 valence electrons. The van der Waals surface area contributed by atoms with Gasteiger partial charge < -0.3 is 14.5 Å². The molecule has 0 amide bonds. The Hall–Kier alpha value is -0.905. The lowest BCUT2D eigenvalue weighted by molar-refractivity contribution is -0.0893. The molecule has 1 unspecified atom stereocenters. The topological polar surface area (TPSA) is 51.6 Å². The molecule has 0 aliphatic rings. The van der Waals surface area contributed by atoms with Crippen molar-refractivity contribution in [3.8, 4) is 0 Å². The molecule has 0 aliphatic carbocycles. The van der Waals surface area contributed by atoms with Crippen LogP contribution in [-0.4, -0.2) is 35.9 Å². The van der Waals surface area contributed by atoms with Gasteiger partial charge in [-0.3, -0.25) is 4.98 Å². The first-order chi connectivity index (χ1) is 8.69. The van der Waals surface area contributed by atoms with Crippen molar-refractivity contribution in [3.63, 3.8) is 0 Å². The monoisotopic (exact) mass is 264 g/mol. The summed E-state index contributed by atoms with van der Waals surface area (Å²) in [6, 6.07) is 3.76. The molecular formula is C14H23BNO3. The van der Waals surface area contributed by atoms with E-state index in [1.165, 1.54) is 0 Å². The molecule has 1 heterocycles. The van der Waals surface area contributed by atoms with E-state index in [1.807, 2.05) is 32.9 Å². The van der Waals surface area contributed by atoms with Gasteiger partial charge in [0.1, 0.15) is 0 Å². The minimum absolute atomic E-state index is 0.110. The van der Waals surface area contributed by atoms with Gasteiger partial charge in [-0.1, -0.05) is 6.07 Å². The Kier molecular flexibility index (Phi) is 5.13. The highest BCUT2D eigenvalue weighted by Gasteiger charge is 2.36. The van der Waals surface area contributed by atoms with Crippen molar-refractivity contribution in [2.75, 3.05) is 7.11 Å². The molecule has 1 radical (unpaired) electrons. The summed E-state index contributed by atoms with van der Waals surface area (Å²) >= 11 is 0. The van der Waals surface area contributed by atoms with Crippen molar-refractivity contribution in [1.29, 1.82) is 0 Å². The van der Waals surface area contributed by atoms with Crippen molar-refractivity contribution in [2.45, 2.75) is 51.9 Å². The molecule has 1 aromatic heterocycles. The number of hydrogen-bond donors (Lipinski definition) is 1. The standard InChI is InChI=1S/C14H23BNO3/c1-10(18-6)12-11(8-7-9-16-12)15-19-14(4,5)13(2,3)17/h7-10,17H,1-6H3. The number of aliphatic hydroxyl groups is 1. The number of aromatic nitrogens is 1. The highest BCUT2D eigenvalue weighted by atomic mass is 16.5. The molecule has 0 saturated carbocycles. The fraction of sp³-hybridized carbons (Fsp3) is 0.643. The number of nitrogens with zero attached hydrogens (tertiary/aromatic N) is 1. The van der Waals surface area contributed by atoms with Crippen LogP contribution in [0.1, 0.15) is 46.4 Å². The van der Waals surface area contributed by atoms with Crippen LogP contribution in [0.5, 0.6) is 0 Å². The van der Waals surface area contributed by atoms with E-state index >= 15 is 0 Å². The molecule has 0 spiro atoms. The SMILES string of the molecule is COC(C)c1ncccc1[B]OC(C)(C)C(C)(C)O. The molecule has 0 fully saturated rings. The molecule has 1 N–H and O–H groups in total. The lowest BCUT2D eigenvalue weighted by Gasteiger charge is -2.37. The average molecular weight is 264 g/mol. The van der Waals surface area contributed by atoms with Crippen molar-refractivity contribution in [3.05, 3.63) is 24.0 Å². The second kappa shape index (κ2) is 6.03. The van der Waals surface area contributed by atoms with Gasteiger partial charge in [0.2, 0.25) is 0 Å². The first-order valence-corrected chi connectivity index (χ1v) is 6.40. The van der Waals surface area contributed by atoms with Crippen LogP contribution in [0.25, 0.3) is 0 Å². The van der Waals surface area contributed by atoms with Gasteiger partial charge >= 0.3 is 7.48 Å². The van der Waals surface area contributed by atoms with Gasteiger partial charge in [-0.25, -0.2) is 0 Å². The highest BCUT2D eigenvalue weighted by Crippen LogP contribution is 2.24. The van der Waals surface area contributed by atoms with Gasteiger partial charge in [0, 0.05) is 13.3 Å². The van der Waals surface area contributed by atoms with Crippen molar-refractivity contribution >= 4 is 12.9 Å². The maximum Gasteiger partial charge on any atom is 0.332 e. The number of hydrogen-bond acceptors (Lipinski definition) is 4. The largest absolute Gasteiger partial charge is 0.427 e. The molecule has 5 heteroatoms. The minimum atomic E-state index is -0.946. The summed E-state index contributed by atoms with van der Waals surface area (Å²) < 4.78 is 11.0. The zero-order chi connectivity index (χ0) is 14.7. The van der Waals surface area contributed by atoms with E-state index in [0.29, 0.717) is 0 Å². The molecule has 0 saturated heterocycles. The predicted molar refractivity (Wildman–Crippen MR) is 76.5 cm³/mol. The number of rotatable bonds is 6. The molecule has 1 aromatic rings. The van der Waals surface area contributed by atoms with E-state index in [1.54, 1.807) is 34.6 Å². The van der Waals surface area contributed by atoms with Crippen LogP contribution in [0.4, 0.5) is 0 Å². The fourth-order valence-corrected chi connectivity index (χ4v) is 1.34. The zero-order valence-corrected chi connectivity index (χ0v) is 12.6. The van der Waals surface area contributed by atoms with E-state index in [9.17, 15) is 5.11 Å². The van der Waals surface area contributed by atoms with Crippen molar-refractivity contribution in [1.82, 2.24) is 4.98 Å². The Labute approximate surface area is 116 Å². The second-order valence-electron chi connectivity index (χ2n) is 5.66. The third-order valence-electron chi connectivity index (χ3n) is 3.56. The van der Waals surface area contributed by atoms with Crippen LogP contribution in [-0.2, 0) is 9.39 Å². The van der Waals surface area contributed by atoms with Gasteiger partial charge in [0.15, 0.2) is 0 Å². The molecule has 4 nitrogen and oxygen atoms in total. The van der Waals surface area contributed by atoms with E-state index in [0.717, 1.165) is 11.2 Å². The highest BCUT2D eigenvalue weighted by molar-refractivity contribution is 6.47. The molecule has 0 aromatic carbocycles. The van der Waals surface area contributed by atoms with Crippen LogP contribution in [0.15, 0.2) is 18.3 Å². The molecule has 0 aliphatic heterocycles. The minimum Gasteiger partial charge on any atom is -0.427 e. The van der Waals surface area contributed by atoms with Crippen LogP contribution >= 0.6 is 0 Å². The third kappa shape index (κ3) is 4.03. The Morgan fingerprint density at radius 3 is 2.47 bits per heavy atom. The summed E-state index contributed by atoms with van der Waals surface area (Å²) in [6.07, 6.45) is 1.62.